The van der Waals surface area contributed by atoms with Crippen LogP contribution in [0.15, 0.2) is 39.7 Å². The third-order valence-corrected chi connectivity index (χ3v) is 4.85. The van der Waals surface area contributed by atoms with E-state index in [9.17, 15) is 9.59 Å². The van der Waals surface area contributed by atoms with E-state index in [0.29, 0.717) is 22.2 Å². The average Bonchev–Trinajstić information content (AvgIpc) is 3.07. The minimum absolute atomic E-state index is 0.0128. The summed E-state index contributed by atoms with van der Waals surface area (Å²) in [6, 6.07) is 7.42. The Morgan fingerprint density at radius 2 is 2.08 bits per heavy atom. The van der Waals surface area contributed by atoms with Crippen molar-refractivity contribution in [3.8, 4) is 0 Å². The monoisotopic (exact) mass is 337 g/mol. The molecule has 1 aromatic carbocycles. The van der Waals surface area contributed by atoms with Gasteiger partial charge in [-0.3, -0.25) is 9.89 Å². The van der Waals surface area contributed by atoms with Gasteiger partial charge in [-0.05, 0) is 31.9 Å². The number of hydrogen-bond acceptors (Lipinski definition) is 4. The lowest BCUT2D eigenvalue weighted by Gasteiger charge is -2.07. The second-order valence-corrected chi connectivity index (χ2v) is 6.68. The molecule has 128 valence electrons. The number of ether oxygens (including phenoxy) is 1. The molecular weight excluding hydrogens is 318 g/mol. The standard InChI is InChI=1S/C19H19N3O3/c1-3-25-18(24)15-11-6-4-5-7-13(11)20-14(15)10-12-16(19(2)8-9-19)21-22-17(12)23/h4-7,10H,3,8-9H2,1-2H3,(H2,21,22,23)/b14-10+. The van der Waals surface area contributed by atoms with Gasteiger partial charge in [-0.2, -0.15) is 0 Å². The van der Waals surface area contributed by atoms with E-state index in [4.69, 9.17) is 4.74 Å². The molecule has 2 aromatic rings. The Morgan fingerprint density at radius 1 is 1.32 bits per heavy atom. The maximum absolute atomic E-state index is 12.5. The number of para-hydroxylation sites is 1. The molecule has 0 saturated heterocycles. The maximum Gasteiger partial charge on any atom is 0.341 e. The molecular formula is C19H19N3O3. The van der Waals surface area contributed by atoms with Gasteiger partial charge in [-0.15, -0.1) is 0 Å². The third-order valence-electron chi connectivity index (χ3n) is 4.85. The fourth-order valence-corrected chi connectivity index (χ4v) is 3.18. The molecule has 25 heavy (non-hydrogen) atoms. The van der Waals surface area contributed by atoms with Crippen molar-refractivity contribution in [2.75, 3.05) is 6.61 Å². The third kappa shape index (κ3) is 2.54. The minimum atomic E-state index is -0.423. The molecule has 0 bridgehead atoms. The van der Waals surface area contributed by atoms with Gasteiger partial charge in [0.15, 0.2) is 0 Å². The van der Waals surface area contributed by atoms with Crippen molar-refractivity contribution in [3.63, 3.8) is 0 Å². The van der Waals surface area contributed by atoms with E-state index in [0.717, 1.165) is 23.8 Å². The summed E-state index contributed by atoms with van der Waals surface area (Å²) in [7, 11) is 0. The predicted molar refractivity (Wildman–Crippen MR) is 93.2 cm³/mol. The number of H-pyrrole nitrogens is 2. The fraction of sp³-hybridized carbons (Fsp3) is 0.316. The van der Waals surface area contributed by atoms with Gasteiger partial charge in [-0.25, -0.2) is 9.79 Å². The summed E-state index contributed by atoms with van der Waals surface area (Å²) in [4.78, 5) is 29.3. The first-order valence-corrected chi connectivity index (χ1v) is 8.42. The van der Waals surface area contributed by atoms with Crippen LogP contribution in [0.4, 0.5) is 0 Å². The predicted octanol–water partition coefficient (Wildman–Crippen LogP) is 1.14. The number of benzene rings is 1. The van der Waals surface area contributed by atoms with E-state index < -0.39 is 5.97 Å². The summed E-state index contributed by atoms with van der Waals surface area (Å²) < 4.78 is 5.20. The van der Waals surface area contributed by atoms with E-state index in [1.807, 2.05) is 24.3 Å². The van der Waals surface area contributed by atoms with Crippen LogP contribution in [0.5, 0.6) is 0 Å². The van der Waals surface area contributed by atoms with Gasteiger partial charge in [-0.1, -0.05) is 25.1 Å². The van der Waals surface area contributed by atoms with Gasteiger partial charge in [0, 0.05) is 10.6 Å². The van der Waals surface area contributed by atoms with Crippen LogP contribution < -0.4 is 16.1 Å². The first-order valence-electron chi connectivity index (χ1n) is 8.42. The number of hydrogen-bond donors (Lipinski definition) is 2. The van der Waals surface area contributed by atoms with E-state index in [1.54, 1.807) is 13.0 Å². The lowest BCUT2D eigenvalue weighted by atomic mass is 9.99. The van der Waals surface area contributed by atoms with Crippen molar-refractivity contribution in [1.29, 1.82) is 0 Å². The highest BCUT2D eigenvalue weighted by atomic mass is 16.5. The van der Waals surface area contributed by atoms with Crippen molar-refractivity contribution in [3.05, 3.63) is 62.1 Å². The van der Waals surface area contributed by atoms with E-state index in [-0.39, 0.29) is 17.6 Å². The van der Waals surface area contributed by atoms with Crippen molar-refractivity contribution >= 4 is 17.6 Å². The average molecular weight is 337 g/mol. The molecule has 0 atom stereocenters. The zero-order chi connectivity index (χ0) is 17.6. The van der Waals surface area contributed by atoms with Crippen LogP contribution in [-0.2, 0) is 14.9 Å². The molecule has 6 heteroatoms. The Hall–Kier alpha value is -2.89. The van der Waals surface area contributed by atoms with Gasteiger partial charge < -0.3 is 9.84 Å². The molecule has 4 rings (SSSR count). The largest absolute Gasteiger partial charge is 0.462 e. The molecule has 2 aliphatic rings. The number of aromatic nitrogens is 2. The van der Waals surface area contributed by atoms with Crippen LogP contribution in [0.1, 0.15) is 37.9 Å². The Morgan fingerprint density at radius 3 is 2.80 bits per heavy atom. The summed E-state index contributed by atoms with van der Waals surface area (Å²) in [5.41, 5.74) is 2.07. The van der Waals surface area contributed by atoms with Crippen LogP contribution in [-0.4, -0.2) is 22.8 Å². The van der Waals surface area contributed by atoms with Crippen LogP contribution in [0, 0.1) is 0 Å². The Balaban J connectivity index is 1.90. The van der Waals surface area contributed by atoms with Crippen molar-refractivity contribution in [2.24, 2.45) is 4.99 Å². The summed E-state index contributed by atoms with van der Waals surface area (Å²) in [5.74, 6) is -0.423. The van der Waals surface area contributed by atoms with Crippen LogP contribution in [0.2, 0.25) is 0 Å². The lowest BCUT2D eigenvalue weighted by Crippen LogP contribution is -2.25. The van der Waals surface area contributed by atoms with E-state index in [1.165, 1.54) is 0 Å². The van der Waals surface area contributed by atoms with Crippen LogP contribution in [0.25, 0.3) is 11.6 Å². The van der Waals surface area contributed by atoms with Gasteiger partial charge in [0.2, 0.25) is 0 Å². The number of nitrogens with zero attached hydrogens (tertiary/aromatic N) is 1. The molecule has 1 aliphatic carbocycles. The molecule has 0 amide bonds. The van der Waals surface area contributed by atoms with E-state index >= 15 is 0 Å². The zero-order valence-corrected chi connectivity index (χ0v) is 14.2. The SMILES string of the molecule is CCOC(=O)C1=c2ccccc2=N/C1=C/c1c(C2(C)CC2)[nH][nH]c1=O. The highest BCUT2D eigenvalue weighted by Crippen LogP contribution is 2.47. The van der Waals surface area contributed by atoms with E-state index in [2.05, 4.69) is 22.1 Å². The van der Waals surface area contributed by atoms with Crippen LogP contribution >= 0.6 is 0 Å². The second-order valence-electron chi connectivity index (χ2n) is 6.68. The summed E-state index contributed by atoms with van der Waals surface area (Å²) in [6.07, 6.45) is 3.76. The second kappa shape index (κ2) is 5.58. The van der Waals surface area contributed by atoms with Crippen LogP contribution in [0.3, 0.4) is 0 Å². The number of esters is 1. The molecule has 2 heterocycles. The van der Waals surface area contributed by atoms with Gasteiger partial charge in [0.1, 0.15) is 0 Å². The molecule has 0 radical (unpaired) electrons. The topological polar surface area (TPSA) is 87.3 Å². The van der Waals surface area contributed by atoms with Crippen molar-refractivity contribution in [2.45, 2.75) is 32.1 Å². The number of rotatable bonds is 4. The summed E-state index contributed by atoms with van der Waals surface area (Å²) in [6.45, 7) is 4.17. The first kappa shape index (κ1) is 15.6. The summed E-state index contributed by atoms with van der Waals surface area (Å²) in [5, 5.41) is 7.09. The molecule has 1 aliphatic heterocycles. The highest BCUT2D eigenvalue weighted by Gasteiger charge is 2.42. The molecule has 6 nitrogen and oxygen atoms in total. The Kier molecular flexibility index (Phi) is 3.49. The minimum Gasteiger partial charge on any atom is -0.462 e. The molecule has 0 spiro atoms. The van der Waals surface area contributed by atoms with Gasteiger partial charge >= 0.3 is 5.97 Å². The lowest BCUT2D eigenvalue weighted by molar-refractivity contribution is -0.136. The van der Waals surface area contributed by atoms with Crippen molar-refractivity contribution < 1.29 is 9.53 Å². The van der Waals surface area contributed by atoms with Crippen molar-refractivity contribution in [1.82, 2.24) is 10.2 Å². The zero-order valence-electron chi connectivity index (χ0n) is 14.2. The Labute approximate surface area is 143 Å². The quantitative estimate of drug-likeness (QED) is 0.820. The van der Waals surface area contributed by atoms with Gasteiger partial charge in [0.05, 0.1) is 34.5 Å². The number of aromatic amines is 2. The summed E-state index contributed by atoms with van der Waals surface area (Å²) >= 11 is 0. The smallest absolute Gasteiger partial charge is 0.341 e. The number of fused-ring (bicyclic) bond motifs is 1. The fourth-order valence-electron chi connectivity index (χ4n) is 3.18. The first-order chi connectivity index (χ1) is 12.0. The normalized spacial score (nSPS) is 18.8. The number of carbonyl (C=O) groups excluding carboxylic acids is 1. The Bertz CT molecular complexity index is 1070. The molecule has 1 fully saturated rings. The molecule has 1 aromatic heterocycles. The number of nitrogens with one attached hydrogen (secondary N) is 2. The molecule has 0 unspecified atom stereocenters. The number of carbonyl (C=O) groups is 1. The molecule has 2 N–H and O–H groups in total. The molecule has 1 saturated carbocycles. The van der Waals surface area contributed by atoms with Gasteiger partial charge in [0.25, 0.3) is 5.56 Å². The highest BCUT2D eigenvalue weighted by molar-refractivity contribution is 6.17. The maximum atomic E-state index is 12.5.